The van der Waals surface area contributed by atoms with E-state index in [1.165, 1.54) is 44.2 Å². The molecular weight excluding hydrogens is 631 g/mol. The molecule has 0 aliphatic carbocycles. The van der Waals surface area contributed by atoms with Crippen LogP contribution < -0.4 is 4.74 Å². The number of benzene rings is 4. The molecule has 0 atom stereocenters. The van der Waals surface area contributed by atoms with Gasteiger partial charge in [-0.15, -0.1) is 0 Å². The molecule has 0 unspecified atom stereocenters. The summed E-state index contributed by atoms with van der Waals surface area (Å²) < 4.78 is 43.0. The second kappa shape index (κ2) is 22.1. The Labute approximate surface area is 294 Å². The van der Waals surface area contributed by atoms with Crippen molar-refractivity contribution in [2.45, 2.75) is 58.5 Å². The molecule has 0 aliphatic rings. The third-order valence-corrected chi connectivity index (χ3v) is 7.05. The Hall–Kier alpha value is -5.66. The summed E-state index contributed by atoms with van der Waals surface area (Å²) in [6.07, 6.45) is 5.11. The van der Waals surface area contributed by atoms with Crippen LogP contribution in [0.4, 0.5) is 18.9 Å². The van der Waals surface area contributed by atoms with Crippen LogP contribution in [0.15, 0.2) is 102 Å². The van der Waals surface area contributed by atoms with Crippen molar-refractivity contribution in [2.24, 2.45) is 4.99 Å². The summed E-state index contributed by atoms with van der Waals surface area (Å²) in [5.74, 6) is 22.5. The SMILES string of the molecule is CCCCCCCCOc1ccc(N=Cc2ccc(C#CC#CCO)cc2)cc1.Cc1ccc(C#CC#Cc2ccc(C(F)(F)F)cc2)cc1. The molecule has 0 fully saturated rings. The molecule has 0 saturated heterocycles. The Kier molecular flexibility index (Phi) is 17.1. The van der Waals surface area contributed by atoms with Crippen molar-refractivity contribution in [1.82, 2.24) is 0 Å². The lowest BCUT2D eigenvalue weighted by molar-refractivity contribution is -0.137. The van der Waals surface area contributed by atoms with Gasteiger partial charge < -0.3 is 9.84 Å². The van der Waals surface area contributed by atoms with Gasteiger partial charge in [0, 0.05) is 22.9 Å². The van der Waals surface area contributed by atoms with Crippen molar-refractivity contribution in [1.29, 1.82) is 0 Å². The zero-order valence-electron chi connectivity index (χ0n) is 28.4. The molecule has 4 rings (SSSR count). The zero-order chi connectivity index (χ0) is 35.9. The molecular formula is C44H40F3NO2. The number of aliphatic hydroxyl groups is 1. The fourth-order valence-corrected chi connectivity index (χ4v) is 4.28. The molecule has 0 spiro atoms. The highest BCUT2D eigenvalue weighted by Gasteiger charge is 2.29. The van der Waals surface area contributed by atoms with Crippen LogP contribution in [-0.2, 0) is 6.18 Å². The van der Waals surface area contributed by atoms with Gasteiger partial charge >= 0.3 is 6.18 Å². The van der Waals surface area contributed by atoms with Gasteiger partial charge in [0.15, 0.2) is 0 Å². The van der Waals surface area contributed by atoms with Gasteiger partial charge in [-0.25, -0.2) is 0 Å². The lowest BCUT2D eigenvalue weighted by Crippen LogP contribution is -2.03. The molecule has 0 bridgehead atoms. The van der Waals surface area contributed by atoms with E-state index in [4.69, 9.17) is 9.84 Å². The highest BCUT2D eigenvalue weighted by atomic mass is 19.4. The van der Waals surface area contributed by atoms with Crippen LogP contribution in [0.2, 0.25) is 0 Å². The minimum atomic E-state index is -4.32. The van der Waals surface area contributed by atoms with Gasteiger partial charge in [-0.05, 0) is 115 Å². The number of hydrogen-bond donors (Lipinski definition) is 1. The van der Waals surface area contributed by atoms with Gasteiger partial charge in [0.05, 0.1) is 17.9 Å². The number of aliphatic imine (C=N–C) groups is 1. The zero-order valence-corrected chi connectivity index (χ0v) is 28.4. The summed E-state index contributed by atoms with van der Waals surface area (Å²) in [5.41, 5.74) is 4.58. The quantitative estimate of drug-likeness (QED) is 0.104. The van der Waals surface area contributed by atoms with Crippen molar-refractivity contribution in [3.63, 3.8) is 0 Å². The standard InChI is InChI=1S/C26H29NO2.C18H11F3/c1-2-3-4-5-6-10-21-29-26-18-16-25(17-19-26)27-22-24-14-12-23(13-15-24)11-8-7-9-20-28;1-14-6-8-15(9-7-14)4-2-3-5-16-10-12-17(13-11-16)18(19,20)21/h12-19,22,28H,2-6,10,20-21H2,1H3;6-13H,1H3. The van der Waals surface area contributed by atoms with Crippen LogP contribution in [0, 0.1) is 54.3 Å². The average molecular weight is 672 g/mol. The monoisotopic (exact) mass is 671 g/mol. The Balaban J connectivity index is 0.000000284. The van der Waals surface area contributed by atoms with E-state index in [9.17, 15) is 13.2 Å². The van der Waals surface area contributed by atoms with Gasteiger partial charge in [-0.3, -0.25) is 4.99 Å². The van der Waals surface area contributed by atoms with Crippen molar-refractivity contribution in [3.05, 3.63) is 130 Å². The Bertz CT molecular complexity index is 1880. The molecule has 50 heavy (non-hydrogen) atoms. The minimum Gasteiger partial charge on any atom is -0.494 e. The summed E-state index contributed by atoms with van der Waals surface area (Å²) in [6.45, 7) is 4.83. The van der Waals surface area contributed by atoms with E-state index < -0.39 is 11.7 Å². The number of halogens is 3. The molecule has 4 aromatic rings. The predicted octanol–water partition coefficient (Wildman–Crippen LogP) is 9.94. The van der Waals surface area contributed by atoms with Gasteiger partial charge in [-0.2, -0.15) is 13.2 Å². The Morgan fingerprint density at radius 2 is 1.18 bits per heavy atom. The van der Waals surface area contributed by atoms with E-state index in [0.29, 0.717) is 5.56 Å². The smallest absolute Gasteiger partial charge is 0.416 e. The third-order valence-electron chi connectivity index (χ3n) is 7.05. The maximum Gasteiger partial charge on any atom is 0.416 e. The Morgan fingerprint density at radius 3 is 1.74 bits per heavy atom. The molecule has 0 heterocycles. The van der Waals surface area contributed by atoms with Crippen molar-refractivity contribution in [2.75, 3.05) is 13.2 Å². The van der Waals surface area contributed by atoms with E-state index in [0.717, 1.165) is 58.9 Å². The summed E-state index contributed by atoms with van der Waals surface area (Å²) in [4.78, 5) is 4.51. The first-order valence-corrected chi connectivity index (χ1v) is 16.5. The largest absolute Gasteiger partial charge is 0.494 e. The van der Waals surface area contributed by atoms with Crippen molar-refractivity contribution in [3.8, 4) is 53.1 Å². The molecule has 0 saturated carbocycles. The summed E-state index contributed by atoms with van der Waals surface area (Å²) in [6, 6.07) is 28.0. The maximum atomic E-state index is 12.4. The second-order valence-electron chi connectivity index (χ2n) is 11.1. The Morgan fingerprint density at radius 1 is 0.660 bits per heavy atom. The van der Waals surface area contributed by atoms with Crippen LogP contribution in [0.25, 0.3) is 0 Å². The third kappa shape index (κ3) is 16.0. The molecule has 0 aliphatic heterocycles. The van der Waals surface area contributed by atoms with Crippen LogP contribution in [0.5, 0.6) is 5.75 Å². The summed E-state index contributed by atoms with van der Waals surface area (Å²) >= 11 is 0. The van der Waals surface area contributed by atoms with Gasteiger partial charge in [0.2, 0.25) is 0 Å². The summed E-state index contributed by atoms with van der Waals surface area (Å²) in [7, 11) is 0. The molecule has 0 aromatic heterocycles. The number of aliphatic hydroxyl groups excluding tert-OH is 1. The van der Waals surface area contributed by atoms with Crippen LogP contribution in [0.1, 0.15) is 78.8 Å². The number of alkyl halides is 3. The van der Waals surface area contributed by atoms with E-state index >= 15 is 0 Å². The predicted molar refractivity (Wildman–Crippen MR) is 197 cm³/mol. The first-order valence-electron chi connectivity index (χ1n) is 16.5. The van der Waals surface area contributed by atoms with Crippen LogP contribution in [0.3, 0.4) is 0 Å². The molecule has 254 valence electrons. The second-order valence-corrected chi connectivity index (χ2v) is 11.1. The molecule has 3 nitrogen and oxygen atoms in total. The topological polar surface area (TPSA) is 41.8 Å². The number of aryl methyl sites for hydroxylation is 1. The van der Waals surface area contributed by atoms with Crippen molar-refractivity contribution >= 4 is 11.9 Å². The number of unbranched alkanes of at least 4 members (excludes halogenated alkanes) is 5. The van der Waals surface area contributed by atoms with E-state index in [2.05, 4.69) is 59.3 Å². The van der Waals surface area contributed by atoms with Gasteiger partial charge in [0.1, 0.15) is 12.4 Å². The first kappa shape index (κ1) is 38.8. The fourth-order valence-electron chi connectivity index (χ4n) is 4.28. The highest BCUT2D eigenvalue weighted by Crippen LogP contribution is 2.29. The lowest BCUT2D eigenvalue weighted by Gasteiger charge is -2.06. The van der Waals surface area contributed by atoms with E-state index in [-0.39, 0.29) is 6.61 Å². The molecule has 6 heteroatoms. The van der Waals surface area contributed by atoms with Crippen LogP contribution in [-0.4, -0.2) is 24.5 Å². The van der Waals surface area contributed by atoms with Gasteiger partial charge in [-0.1, -0.05) is 92.5 Å². The van der Waals surface area contributed by atoms with Crippen LogP contribution >= 0.6 is 0 Å². The molecule has 4 aromatic carbocycles. The minimum absolute atomic E-state index is 0.170. The summed E-state index contributed by atoms with van der Waals surface area (Å²) in [5, 5.41) is 8.59. The number of nitrogens with zero attached hydrogens (tertiary/aromatic N) is 1. The number of hydrogen-bond acceptors (Lipinski definition) is 3. The van der Waals surface area contributed by atoms with Crippen molar-refractivity contribution < 1.29 is 23.0 Å². The molecule has 1 N–H and O–H groups in total. The maximum absolute atomic E-state index is 12.4. The molecule has 0 radical (unpaired) electrons. The molecule has 0 amide bonds. The number of rotatable bonds is 10. The van der Waals surface area contributed by atoms with Gasteiger partial charge in [0.25, 0.3) is 0 Å². The average Bonchev–Trinajstić information content (AvgIpc) is 3.12. The van der Waals surface area contributed by atoms with E-state index in [1.54, 1.807) is 0 Å². The fraction of sp³-hybridized carbons (Fsp3) is 0.250. The number of ether oxygens (including phenoxy) is 1. The normalized spacial score (nSPS) is 10.1. The lowest BCUT2D eigenvalue weighted by atomic mass is 10.1. The first-order chi connectivity index (χ1) is 24.3. The highest BCUT2D eigenvalue weighted by molar-refractivity contribution is 5.82. The van der Waals surface area contributed by atoms with E-state index in [1.807, 2.05) is 85.9 Å².